The summed E-state index contributed by atoms with van der Waals surface area (Å²) in [5.74, 6) is 0.689. The predicted molar refractivity (Wildman–Crippen MR) is 102 cm³/mol. The van der Waals surface area contributed by atoms with Gasteiger partial charge in [0.2, 0.25) is 5.91 Å². The van der Waals surface area contributed by atoms with Gasteiger partial charge >= 0.3 is 0 Å². The summed E-state index contributed by atoms with van der Waals surface area (Å²) < 4.78 is 1.81. The number of nitrogens with zero attached hydrogens (tertiary/aromatic N) is 3. The number of hydrogen-bond donors (Lipinski definition) is 2. The minimum Gasteiger partial charge on any atom is -0.356 e. The average molecular weight is 462 g/mol. The van der Waals surface area contributed by atoms with Gasteiger partial charge in [-0.15, -0.1) is 24.0 Å². The fraction of sp³-hybridized carbons (Fsp3) is 0.538. The van der Waals surface area contributed by atoms with Crippen molar-refractivity contribution >= 4 is 59.0 Å². The Balaban J connectivity index is 0.00000441. The Morgan fingerprint density at radius 1 is 1.36 bits per heavy atom. The van der Waals surface area contributed by atoms with Crippen molar-refractivity contribution in [1.29, 1.82) is 0 Å². The van der Waals surface area contributed by atoms with E-state index >= 15 is 0 Å². The Bertz CT molecular complexity index is 531. The highest BCUT2D eigenvalue weighted by Gasteiger charge is 2.09. The van der Waals surface area contributed by atoms with Crippen molar-refractivity contribution in [2.24, 2.45) is 12.0 Å². The lowest BCUT2D eigenvalue weighted by atomic mass is 10.4. The van der Waals surface area contributed by atoms with E-state index in [-0.39, 0.29) is 29.9 Å². The summed E-state index contributed by atoms with van der Waals surface area (Å²) in [4.78, 5) is 17.1. The van der Waals surface area contributed by atoms with Crippen LogP contribution < -0.4 is 10.6 Å². The molecule has 1 heterocycles. The Morgan fingerprint density at radius 3 is 2.45 bits per heavy atom. The quantitative estimate of drug-likeness (QED) is 0.401. The third-order valence-electron chi connectivity index (χ3n) is 3.01. The van der Waals surface area contributed by atoms with Gasteiger partial charge in [-0.05, 0) is 6.07 Å². The van der Waals surface area contributed by atoms with Crippen LogP contribution in [0, 0.1) is 0 Å². The van der Waals surface area contributed by atoms with Crippen LogP contribution in [0.25, 0.3) is 0 Å². The minimum atomic E-state index is 0. The van der Waals surface area contributed by atoms with E-state index in [1.54, 1.807) is 36.7 Å². The standard InChI is InChI=1S/C13H21Cl2N5O.HI/c1-16-13(17-6-5-11(21)19(2)3)18-8-9-7-10(14)12(15)20(9)4;/h7H,5-6,8H2,1-4H3,(H2,16,17,18);1H. The van der Waals surface area contributed by atoms with Crippen LogP contribution in [-0.2, 0) is 18.4 Å². The molecule has 0 bridgehead atoms. The Labute approximate surface area is 158 Å². The Hall–Kier alpha value is -0.670. The van der Waals surface area contributed by atoms with Gasteiger partial charge in [0.05, 0.1) is 11.6 Å². The molecule has 0 atom stereocenters. The Morgan fingerprint density at radius 2 is 2.00 bits per heavy atom. The number of aliphatic imine (C=N–C) groups is 1. The molecule has 22 heavy (non-hydrogen) atoms. The summed E-state index contributed by atoms with van der Waals surface area (Å²) in [5.41, 5.74) is 0.942. The van der Waals surface area contributed by atoms with Crippen molar-refractivity contribution in [3.05, 3.63) is 21.9 Å². The van der Waals surface area contributed by atoms with Gasteiger partial charge < -0.3 is 20.1 Å². The lowest BCUT2D eigenvalue weighted by molar-refractivity contribution is -0.128. The SMILES string of the molecule is CN=C(NCCC(=O)N(C)C)NCc1cc(Cl)c(Cl)n1C.I. The molecular formula is C13H22Cl2IN5O. The third-order valence-corrected chi connectivity index (χ3v) is 3.85. The first-order chi connectivity index (χ1) is 9.86. The van der Waals surface area contributed by atoms with Crippen LogP contribution in [0.5, 0.6) is 0 Å². The molecular weight excluding hydrogens is 440 g/mol. The van der Waals surface area contributed by atoms with Crippen LogP contribution in [0.3, 0.4) is 0 Å². The average Bonchev–Trinajstić information content (AvgIpc) is 2.69. The third kappa shape index (κ3) is 6.21. The van der Waals surface area contributed by atoms with E-state index in [2.05, 4.69) is 15.6 Å². The number of guanidine groups is 1. The van der Waals surface area contributed by atoms with E-state index in [1.807, 2.05) is 7.05 Å². The van der Waals surface area contributed by atoms with Gasteiger partial charge in [0.25, 0.3) is 0 Å². The van der Waals surface area contributed by atoms with E-state index in [9.17, 15) is 4.79 Å². The number of rotatable bonds is 5. The number of carbonyl (C=O) groups excluding carboxylic acids is 1. The summed E-state index contributed by atoms with van der Waals surface area (Å²) in [5, 5.41) is 7.26. The zero-order chi connectivity index (χ0) is 16.0. The molecule has 1 aromatic heterocycles. The second-order valence-corrected chi connectivity index (χ2v) is 5.49. The first-order valence-electron chi connectivity index (χ1n) is 6.51. The van der Waals surface area contributed by atoms with Crippen molar-refractivity contribution < 1.29 is 4.79 Å². The first kappa shape index (κ1) is 21.3. The van der Waals surface area contributed by atoms with Crippen LogP contribution in [0.15, 0.2) is 11.1 Å². The molecule has 0 radical (unpaired) electrons. The molecule has 2 N–H and O–H groups in total. The van der Waals surface area contributed by atoms with Crippen LogP contribution >= 0.6 is 47.2 Å². The molecule has 0 aliphatic rings. The molecule has 1 rings (SSSR count). The normalized spacial score (nSPS) is 10.9. The Kier molecular flexibility index (Phi) is 9.86. The first-order valence-corrected chi connectivity index (χ1v) is 7.26. The second kappa shape index (κ2) is 10.2. The lowest BCUT2D eigenvalue weighted by Gasteiger charge is -2.14. The van der Waals surface area contributed by atoms with Gasteiger partial charge in [-0.3, -0.25) is 9.79 Å². The van der Waals surface area contributed by atoms with Crippen LogP contribution in [0.4, 0.5) is 0 Å². The molecule has 0 aliphatic heterocycles. The molecule has 6 nitrogen and oxygen atoms in total. The van der Waals surface area contributed by atoms with Crippen molar-refractivity contribution in [2.75, 3.05) is 27.7 Å². The molecule has 0 saturated heterocycles. The summed E-state index contributed by atoms with van der Waals surface area (Å²) in [6.45, 7) is 1.05. The fourth-order valence-corrected chi connectivity index (χ4v) is 2.08. The van der Waals surface area contributed by atoms with E-state index in [0.717, 1.165) is 5.69 Å². The summed E-state index contributed by atoms with van der Waals surface area (Å²) in [7, 11) is 6.99. The van der Waals surface area contributed by atoms with Gasteiger partial charge in [0.15, 0.2) is 5.96 Å². The van der Waals surface area contributed by atoms with Crippen molar-refractivity contribution in [2.45, 2.75) is 13.0 Å². The maximum Gasteiger partial charge on any atom is 0.223 e. The van der Waals surface area contributed by atoms with E-state index in [1.165, 1.54) is 0 Å². The highest BCUT2D eigenvalue weighted by atomic mass is 127. The summed E-state index contributed by atoms with van der Waals surface area (Å²) in [6, 6.07) is 1.81. The van der Waals surface area contributed by atoms with Gasteiger partial charge in [-0.25, -0.2) is 0 Å². The smallest absolute Gasteiger partial charge is 0.223 e. The molecule has 0 aliphatic carbocycles. The van der Waals surface area contributed by atoms with E-state index < -0.39 is 0 Å². The molecule has 126 valence electrons. The number of carbonyl (C=O) groups is 1. The van der Waals surface area contributed by atoms with Crippen LogP contribution in [-0.4, -0.2) is 49.0 Å². The molecule has 1 aromatic rings. The maximum atomic E-state index is 11.5. The number of aromatic nitrogens is 1. The maximum absolute atomic E-state index is 11.5. The largest absolute Gasteiger partial charge is 0.356 e. The molecule has 0 unspecified atom stereocenters. The molecule has 1 amide bonds. The van der Waals surface area contributed by atoms with Crippen LogP contribution in [0.2, 0.25) is 10.2 Å². The van der Waals surface area contributed by atoms with Gasteiger partial charge in [-0.2, -0.15) is 0 Å². The highest BCUT2D eigenvalue weighted by molar-refractivity contribution is 14.0. The summed E-state index contributed by atoms with van der Waals surface area (Å²) in [6.07, 6.45) is 0.412. The minimum absolute atomic E-state index is 0. The second-order valence-electron chi connectivity index (χ2n) is 4.72. The zero-order valence-electron chi connectivity index (χ0n) is 13.1. The number of halogens is 3. The molecule has 0 aromatic carbocycles. The number of hydrogen-bond acceptors (Lipinski definition) is 2. The van der Waals surface area contributed by atoms with Gasteiger partial charge in [0, 0.05) is 46.9 Å². The van der Waals surface area contributed by atoms with E-state index in [0.29, 0.717) is 35.6 Å². The molecule has 0 saturated carbocycles. The fourth-order valence-electron chi connectivity index (χ4n) is 1.66. The highest BCUT2D eigenvalue weighted by Crippen LogP contribution is 2.24. The number of amides is 1. The molecule has 0 spiro atoms. The lowest BCUT2D eigenvalue weighted by Crippen LogP contribution is -2.39. The monoisotopic (exact) mass is 461 g/mol. The molecule has 0 fully saturated rings. The zero-order valence-corrected chi connectivity index (χ0v) is 17.0. The van der Waals surface area contributed by atoms with Gasteiger partial charge in [0.1, 0.15) is 5.15 Å². The summed E-state index contributed by atoms with van der Waals surface area (Å²) >= 11 is 12.0. The topological polar surface area (TPSA) is 61.7 Å². The van der Waals surface area contributed by atoms with Crippen molar-refractivity contribution in [3.63, 3.8) is 0 Å². The van der Waals surface area contributed by atoms with Crippen LogP contribution in [0.1, 0.15) is 12.1 Å². The van der Waals surface area contributed by atoms with Crippen molar-refractivity contribution in [1.82, 2.24) is 20.1 Å². The van der Waals surface area contributed by atoms with E-state index in [4.69, 9.17) is 23.2 Å². The van der Waals surface area contributed by atoms with Gasteiger partial charge in [-0.1, -0.05) is 23.2 Å². The number of nitrogens with one attached hydrogen (secondary N) is 2. The molecule has 9 heteroatoms. The van der Waals surface area contributed by atoms with Crippen molar-refractivity contribution in [3.8, 4) is 0 Å². The predicted octanol–water partition coefficient (Wildman–Crippen LogP) is 2.09.